The Balaban J connectivity index is 4.25. The molecule has 0 aromatic rings. The van der Waals surface area contributed by atoms with Crippen molar-refractivity contribution in [3.8, 4) is 0 Å². The number of unbranched alkanes of at least 4 members (excludes halogenated alkanes) is 9. The summed E-state index contributed by atoms with van der Waals surface area (Å²) in [6.07, 6.45) is 21.4. The average Bonchev–Trinajstić information content (AvgIpc) is 2.52. The van der Waals surface area contributed by atoms with E-state index in [1.807, 2.05) is 0 Å². The lowest BCUT2D eigenvalue weighted by Crippen LogP contribution is -2.24. The Hall–Kier alpha value is -0.303. The first-order chi connectivity index (χ1) is 10.7. The first kappa shape index (κ1) is 21.7. The van der Waals surface area contributed by atoms with Crippen molar-refractivity contribution in [2.24, 2.45) is 0 Å². The minimum Gasteiger partial charge on any atom is -0.0946 e. The maximum atomic E-state index is 2.62. The standard InChI is InChI=1S/C21H42Si/c1-5-8-11-14-15-18-21-22(4,19-16-12-9-6-2)20-17-13-10-7-3/h16-17,19-20H,5-15,18,21H2,1-4H3/b19-16+,20-17+. The van der Waals surface area contributed by atoms with Gasteiger partial charge in [-0.25, -0.2) is 0 Å². The van der Waals surface area contributed by atoms with E-state index in [0.717, 1.165) is 0 Å². The molecule has 0 rings (SSSR count). The SMILES string of the molecule is CCCC/C=C/[Si](C)(/C=C/CCCC)CCCCCCCC. The molecule has 0 amide bonds. The van der Waals surface area contributed by atoms with Crippen molar-refractivity contribution >= 4 is 8.07 Å². The number of allylic oxidation sites excluding steroid dienone is 2. The van der Waals surface area contributed by atoms with Crippen molar-refractivity contribution in [1.29, 1.82) is 0 Å². The highest BCUT2D eigenvalue weighted by atomic mass is 28.3. The van der Waals surface area contributed by atoms with Gasteiger partial charge in [0.25, 0.3) is 0 Å². The van der Waals surface area contributed by atoms with E-state index in [-0.39, 0.29) is 0 Å². The van der Waals surface area contributed by atoms with Gasteiger partial charge in [0.2, 0.25) is 0 Å². The van der Waals surface area contributed by atoms with Crippen LogP contribution in [0.25, 0.3) is 0 Å². The van der Waals surface area contributed by atoms with Gasteiger partial charge in [-0.2, -0.15) is 0 Å². The van der Waals surface area contributed by atoms with Crippen molar-refractivity contribution in [3.63, 3.8) is 0 Å². The van der Waals surface area contributed by atoms with Crippen LogP contribution in [0.4, 0.5) is 0 Å². The van der Waals surface area contributed by atoms with E-state index in [9.17, 15) is 0 Å². The minimum absolute atomic E-state index is 1.28. The van der Waals surface area contributed by atoms with Gasteiger partial charge in [-0.15, -0.1) is 0 Å². The highest BCUT2D eigenvalue weighted by molar-refractivity contribution is 6.87. The predicted octanol–water partition coefficient (Wildman–Crippen LogP) is 8.00. The summed E-state index contributed by atoms with van der Waals surface area (Å²) in [4.78, 5) is 0. The van der Waals surface area contributed by atoms with Gasteiger partial charge in [0.05, 0.1) is 8.07 Å². The summed E-state index contributed by atoms with van der Waals surface area (Å²) in [5.74, 6) is 0. The molecule has 1 heteroatoms. The quantitative estimate of drug-likeness (QED) is 0.212. The van der Waals surface area contributed by atoms with Gasteiger partial charge in [-0.1, -0.05) is 121 Å². The highest BCUT2D eigenvalue weighted by Gasteiger charge is 2.19. The molecule has 0 fully saturated rings. The zero-order chi connectivity index (χ0) is 16.5. The first-order valence-corrected chi connectivity index (χ1v) is 12.9. The van der Waals surface area contributed by atoms with Gasteiger partial charge in [0.1, 0.15) is 0 Å². The lowest BCUT2D eigenvalue weighted by atomic mass is 10.1. The molecule has 0 atom stereocenters. The van der Waals surface area contributed by atoms with Crippen molar-refractivity contribution in [3.05, 3.63) is 23.6 Å². The summed E-state index contributed by atoms with van der Waals surface area (Å²) in [5.41, 5.74) is 5.24. The summed E-state index contributed by atoms with van der Waals surface area (Å²) in [7, 11) is -1.28. The van der Waals surface area contributed by atoms with E-state index in [0.29, 0.717) is 0 Å². The maximum absolute atomic E-state index is 2.62. The highest BCUT2D eigenvalue weighted by Crippen LogP contribution is 2.20. The third kappa shape index (κ3) is 13.4. The monoisotopic (exact) mass is 322 g/mol. The fraction of sp³-hybridized carbons (Fsp3) is 0.810. The molecule has 0 heterocycles. The van der Waals surface area contributed by atoms with Crippen LogP contribution in [0.2, 0.25) is 12.6 Å². The molecule has 130 valence electrons. The van der Waals surface area contributed by atoms with Crippen molar-refractivity contribution in [2.75, 3.05) is 0 Å². The molecule has 0 aromatic heterocycles. The molecule has 0 aliphatic carbocycles. The molecular formula is C21H42Si. The Morgan fingerprint density at radius 2 is 1.05 bits per heavy atom. The lowest BCUT2D eigenvalue weighted by molar-refractivity contribution is 0.623. The number of rotatable bonds is 15. The smallest absolute Gasteiger partial charge is 0.0946 e. The maximum Gasteiger partial charge on any atom is 0.0978 e. The van der Waals surface area contributed by atoms with E-state index < -0.39 is 8.07 Å². The normalized spacial score (nSPS) is 12.7. The van der Waals surface area contributed by atoms with Crippen LogP contribution in [0.1, 0.15) is 97.8 Å². The molecule has 0 radical (unpaired) electrons. The van der Waals surface area contributed by atoms with Gasteiger partial charge in [-0.05, 0) is 12.8 Å². The molecule has 0 saturated heterocycles. The Morgan fingerprint density at radius 3 is 1.55 bits per heavy atom. The molecule has 0 aliphatic heterocycles. The number of hydrogen-bond donors (Lipinski definition) is 0. The molecule has 22 heavy (non-hydrogen) atoms. The summed E-state index contributed by atoms with van der Waals surface area (Å²) >= 11 is 0. The molecule has 0 spiro atoms. The second-order valence-corrected chi connectivity index (χ2v) is 11.3. The second-order valence-electron chi connectivity index (χ2n) is 7.11. The second kappa shape index (κ2) is 15.6. The Kier molecular flexibility index (Phi) is 15.4. The predicted molar refractivity (Wildman–Crippen MR) is 107 cm³/mol. The summed E-state index contributed by atoms with van der Waals surface area (Å²) in [5, 5.41) is 0. The molecular weight excluding hydrogens is 280 g/mol. The summed E-state index contributed by atoms with van der Waals surface area (Å²) in [6.45, 7) is 9.42. The molecule has 0 unspecified atom stereocenters. The Morgan fingerprint density at radius 1 is 0.591 bits per heavy atom. The van der Waals surface area contributed by atoms with E-state index in [2.05, 4.69) is 50.9 Å². The van der Waals surface area contributed by atoms with Crippen molar-refractivity contribution in [1.82, 2.24) is 0 Å². The Bertz CT molecular complexity index is 260. The van der Waals surface area contributed by atoms with Crippen molar-refractivity contribution in [2.45, 2.75) is 110 Å². The van der Waals surface area contributed by atoms with Gasteiger partial charge >= 0.3 is 0 Å². The van der Waals surface area contributed by atoms with Crippen LogP contribution in [0, 0.1) is 0 Å². The van der Waals surface area contributed by atoms with Crippen LogP contribution < -0.4 is 0 Å². The van der Waals surface area contributed by atoms with Gasteiger partial charge in [0, 0.05) is 0 Å². The largest absolute Gasteiger partial charge is 0.0978 e. The minimum atomic E-state index is -1.28. The molecule has 0 aliphatic rings. The lowest BCUT2D eigenvalue weighted by Gasteiger charge is -2.19. The number of hydrogen-bond acceptors (Lipinski definition) is 0. The van der Waals surface area contributed by atoms with E-state index >= 15 is 0 Å². The molecule has 0 N–H and O–H groups in total. The van der Waals surface area contributed by atoms with E-state index in [1.165, 1.54) is 83.1 Å². The van der Waals surface area contributed by atoms with Gasteiger partial charge < -0.3 is 0 Å². The Labute approximate surface area is 142 Å². The average molecular weight is 323 g/mol. The van der Waals surface area contributed by atoms with Crippen LogP contribution >= 0.6 is 0 Å². The van der Waals surface area contributed by atoms with Crippen LogP contribution in [0.5, 0.6) is 0 Å². The zero-order valence-corrected chi connectivity index (χ0v) is 17.0. The fourth-order valence-electron chi connectivity index (χ4n) is 2.86. The van der Waals surface area contributed by atoms with Crippen LogP contribution in [-0.2, 0) is 0 Å². The first-order valence-electron chi connectivity index (χ1n) is 10.0. The molecule has 0 aromatic carbocycles. The molecule has 0 nitrogen and oxygen atoms in total. The van der Waals surface area contributed by atoms with Gasteiger partial charge in [0.15, 0.2) is 0 Å². The molecule has 0 saturated carbocycles. The summed E-state index contributed by atoms with van der Waals surface area (Å²) in [6, 6.07) is 1.45. The van der Waals surface area contributed by atoms with Crippen LogP contribution in [-0.4, -0.2) is 8.07 Å². The third-order valence-corrected chi connectivity index (χ3v) is 7.94. The summed E-state index contributed by atoms with van der Waals surface area (Å²) < 4.78 is 0. The van der Waals surface area contributed by atoms with Crippen LogP contribution in [0.3, 0.4) is 0 Å². The fourth-order valence-corrected chi connectivity index (χ4v) is 5.72. The van der Waals surface area contributed by atoms with E-state index in [1.54, 1.807) is 0 Å². The third-order valence-electron chi connectivity index (χ3n) is 4.51. The van der Waals surface area contributed by atoms with Crippen molar-refractivity contribution < 1.29 is 0 Å². The zero-order valence-electron chi connectivity index (χ0n) is 16.0. The van der Waals surface area contributed by atoms with Crippen LogP contribution in [0.15, 0.2) is 23.6 Å². The van der Waals surface area contributed by atoms with Gasteiger partial charge in [-0.3, -0.25) is 0 Å². The molecule has 0 bridgehead atoms. The topological polar surface area (TPSA) is 0 Å². The van der Waals surface area contributed by atoms with E-state index in [4.69, 9.17) is 0 Å².